The van der Waals surface area contributed by atoms with E-state index in [4.69, 9.17) is 4.74 Å². The molecule has 0 bridgehead atoms. The Bertz CT molecular complexity index is 761. The van der Waals surface area contributed by atoms with Crippen LogP contribution >= 0.6 is 38.5 Å². The quantitative estimate of drug-likeness (QED) is 0.553. The molecule has 1 N–H and O–H groups in total. The van der Waals surface area contributed by atoms with Crippen LogP contribution in [0.2, 0.25) is 0 Å². The molecule has 3 rings (SSSR count). The fourth-order valence-corrected chi connectivity index (χ4v) is 3.13. The number of hydrogen-bond donors (Lipinski definition) is 1. The molecule has 0 unspecified atom stereocenters. The number of halogens is 2. The number of ether oxygens (including phenoxy) is 1. The van der Waals surface area contributed by atoms with Crippen LogP contribution in [0.25, 0.3) is 0 Å². The van der Waals surface area contributed by atoms with Gasteiger partial charge in [-0.1, -0.05) is 12.1 Å². The Kier molecular flexibility index (Phi) is 3.99. The van der Waals surface area contributed by atoms with Crippen LogP contribution in [0.3, 0.4) is 0 Å². The van der Waals surface area contributed by atoms with Gasteiger partial charge in [-0.2, -0.15) is 0 Å². The molecule has 4 nitrogen and oxygen atoms in total. The highest BCUT2D eigenvalue weighted by atomic mass is 127. The number of ketones is 1. The number of fused-ring (bicyclic) bond motifs is 1. The monoisotopic (exact) mass is 457 g/mol. The number of benzene rings is 2. The van der Waals surface area contributed by atoms with Crippen molar-refractivity contribution in [2.24, 2.45) is 0 Å². The van der Waals surface area contributed by atoms with Crippen molar-refractivity contribution >= 4 is 55.9 Å². The van der Waals surface area contributed by atoms with Crippen molar-refractivity contribution < 1.29 is 14.3 Å². The molecule has 21 heavy (non-hydrogen) atoms. The molecule has 0 spiro atoms. The molecule has 2 aromatic carbocycles. The zero-order valence-corrected chi connectivity index (χ0v) is 14.4. The molecule has 2 aromatic rings. The largest absolute Gasteiger partial charge is 0.482 e. The smallest absolute Gasteiger partial charge is 0.262 e. The Morgan fingerprint density at radius 3 is 2.86 bits per heavy atom. The molecule has 0 saturated carbocycles. The van der Waals surface area contributed by atoms with Crippen LogP contribution in [-0.4, -0.2) is 18.3 Å². The SMILES string of the molecule is O=C1COc2cc(C(=O)c3cccc(I)c3)c(Br)cc2N1. The van der Waals surface area contributed by atoms with E-state index in [0.29, 0.717) is 27.0 Å². The molecule has 0 aliphatic carbocycles. The zero-order chi connectivity index (χ0) is 15.0. The van der Waals surface area contributed by atoms with E-state index in [1.165, 1.54) is 0 Å². The van der Waals surface area contributed by atoms with Gasteiger partial charge in [0.15, 0.2) is 12.4 Å². The molecular weight excluding hydrogens is 449 g/mol. The van der Waals surface area contributed by atoms with Gasteiger partial charge in [0.25, 0.3) is 5.91 Å². The summed E-state index contributed by atoms with van der Waals surface area (Å²) in [5.74, 6) is 0.210. The second kappa shape index (κ2) is 5.76. The fraction of sp³-hybridized carbons (Fsp3) is 0.0667. The Hall–Kier alpha value is -1.41. The lowest BCUT2D eigenvalue weighted by molar-refractivity contribution is -0.118. The zero-order valence-electron chi connectivity index (χ0n) is 10.7. The van der Waals surface area contributed by atoms with Gasteiger partial charge >= 0.3 is 0 Å². The van der Waals surface area contributed by atoms with Crippen molar-refractivity contribution in [3.05, 3.63) is 55.6 Å². The minimum atomic E-state index is -0.203. The maximum Gasteiger partial charge on any atom is 0.262 e. The lowest BCUT2D eigenvalue weighted by atomic mass is 10.0. The van der Waals surface area contributed by atoms with Crippen molar-refractivity contribution in [2.75, 3.05) is 11.9 Å². The average molecular weight is 458 g/mol. The minimum Gasteiger partial charge on any atom is -0.482 e. The van der Waals surface area contributed by atoms with Crippen LogP contribution in [0.15, 0.2) is 40.9 Å². The van der Waals surface area contributed by atoms with Crippen LogP contribution in [0.4, 0.5) is 5.69 Å². The highest BCUT2D eigenvalue weighted by Crippen LogP contribution is 2.34. The Labute approximate surface area is 143 Å². The summed E-state index contributed by atoms with van der Waals surface area (Å²) in [7, 11) is 0. The standard InChI is InChI=1S/C15H9BrINO3/c16-11-6-12-13(21-7-14(19)18-12)5-10(11)15(20)8-2-1-3-9(17)4-8/h1-6H,7H2,(H,18,19). The van der Waals surface area contributed by atoms with Crippen LogP contribution in [0.1, 0.15) is 15.9 Å². The molecule has 0 saturated heterocycles. The Balaban J connectivity index is 2.03. The van der Waals surface area contributed by atoms with Gasteiger partial charge < -0.3 is 10.1 Å². The maximum absolute atomic E-state index is 12.6. The van der Waals surface area contributed by atoms with Crippen LogP contribution in [0.5, 0.6) is 5.75 Å². The van der Waals surface area contributed by atoms with E-state index < -0.39 is 0 Å². The van der Waals surface area contributed by atoms with Crippen LogP contribution < -0.4 is 10.1 Å². The van der Waals surface area contributed by atoms with Crippen molar-refractivity contribution in [3.63, 3.8) is 0 Å². The number of anilines is 1. The number of carbonyl (C=O) groups excluding carboxylic acids is 2. The lowest BCUT2D eigenvalue weighted by Gasteiger charge is -2.19. The van der Waals surface area contributed by atoms with E-state index in [2.05, 4.69) is 43.8 Å². The molecule has 0 aromatic heterocycles. The van der Waals surface area contributed by atoms with Gasteiger partial charge in [0.05, 0.1) is 5.69 Å². The highest BCUT2D eigenvalue weighted by molar-refractivity contribution is 14.1. The summed E-state index contributed by atoms with van der Waals surface area (Å²) in [6.07, 6.45) is 0. The van der Waals surface area contributed by atoms with Crippen molar-refractivity contribution in [1.82, 2.24) is 0 Å². The molecule has 0 atom stereocenters. The van der Waals surface area contributed by atoms with Gasteiger partial charge in [0.2, 0.25) is 0 Å². The van der Waals surface area contributed by atoms with Crippen LogP contribution in [0, 0.1) is 3.57 Å². The molecular formula is C15H9BrINO3. The first-order chi connectivity index (χ1) is 10.0. The van der Waals surface area contributed by atoms with E-state index in [1.54, 1.807) is 18.2 Å². The number of hydrogen-bond acceptors (Lipinski definition) is 3. The minimum absolute atomic E-state index is 0.0362. The van der Waals surface area contributed by atoms with E-state index in [0.717, 1.165) is 3.57 Å². The molecule has 1 aliphatic rings. The second-order valence-corrected chi connectivity index (χ2v) is 6.60. The summed E-state index contributed by atoms with van der Waals surface area (Å²) in [5.41, 5.74) is 1.69. The molecule has 106 valence electrons. The van der Waals surface area contributed by atoms with E-state index in [-0.39, 0.29) is 18.3 Å². The van der Waals surface area contributed by atoms with Crippen LogP contribution in [-0.2, 0) is 4.79 Å². The van der Waals surface area contributed by atoms with Gasteiger partial charge in [-0.25, -0.2) is 0 Å². The van der Waals surface area contributed by atoms with Gasteiger partial charge in [0.1, 0.15) is 5.75 Å². The maximum atomic E-state index is 12.6. The third-order valence-corrected chi connectivity index (χ3v) is 4.36. The average Bonchev–Trinajstić information content (AvgIpc) is 2.45. The lowest BCUT2D eigenvalue weighted by Crippen LogP contribution is -2.25. The Morgan fingerprint density at radius 2 is 2.10 bits per heavy atom. The van der Waals surface area contributed by atoms with Crippen molar-refractivity contribution in [3.8, 4) is 5.75 Å². The first-order valence-corrected chi connectivity index (χ1v) is 7.98. The predicted octanol–water partition coefficient (Wildman–Crippen LogP) is 3.62. The number of carbonyl (C=O) groups is 2. The third kappa shape index (κ3) is 2.96. The van der Waals surface area contributed by atoms with E-state index in [1.807, 2.05) is 18.2 Å². The second-order valence-electron chi connectivity index (χ2n) is 4.50. The topological polar surface area (TPSA) is 55.4 Å². The summed E-state index contributed by atoms with van der Waals surface area (Å²) >= 11 is 5.55. The summed E-state index contributed by atoms with van der Waals surface area (Å²) in [6, 6.07) is 10.7. The Morgan fingerprint density at radius 1 is 1.29 bits per heavy atom. The van der Waals surface area contributed by atoms with Gasteiger partial charge in [-0.3, -0.25) is 9.59 Å². The van der Waals surface area contributed by atoms with Crippen molar-refractivity contribution in [1.29, 1.82) is 0 Å². The fourth-order valence-electron chi connectivity index (χ4n) is 2.06. The first-order valence-electron chi connectivity index (χ1n) is 6.11. The van der Waals surface area contributed by atoms with E-state index >= 15 is 0 Å². The van der Waals surface area contributed by atoms with Gasteiger partial charge in [0, 0.05) is 19.2 Å². The summed E-state index contributed by atoms with van der Waals surface area (Å²) in [5, 5.41) is 2.71. The number of rotatable bonds is 2. The molecule has 1 heterocycles. The highest BCUT2D eigenvalue weighted by Gasteiger charge is 2.21. The van der Waals surface area contributed by atoms with E-state index in [9.17, 15) is 9.59 Å². The first kappa shape index (κ1) is 14.5. The number of amides is 1. The summed E-state index contributed by atoms with van der Waals surface area (Å²) in [4.78, 5) is 23.9. The van der Waals surface area contributed by atoms with Crippen molar-refractivity contribution in [2.45, 2.75) is 0 Å². The predicted molar refractivity (Wildman–Crippen MR) is 90.9 cm³/mol. The normalized spacial score (nSPS) is 13.1. The molecule has 6 heteroatoms. The molecule has 1 amide bonds. The van der Waals surface area contributed by atoms with Gasteiger partial charge in [-0.15, -0.1) is 0 Å². The summed E-state index contributed by atoms with van der Waals surface area (Å²) < 4.78 is 6.97. The molecule has 0 fully saturated rings. The van der Waals surface area contributed by atoms with Gasteiger partial charge in [-0.05, 0) is 62.8 Å². The molecule has 1 aliphatic heterocycles. The third-order valence-electron chi connectivity index (χ3n) is 3.03. The number of nitrogens with one attached hydrogen (secondary N) is 1. The summed E-state index contributed by atoms with van der Waals surface area (Å²) in [6.45, 7) is -0.0362. The molecule has 0 radical (unpaired) electrons.